The van der Waals surface area contributed by atoms with Gasteiger partial charge in [-0.15, -0.1) is 0 Å². The number of sulfonamides is 1. The topological polar surface area (TPSA) is 83.0 Å². The van der Waals surface area contributed by atoms with Gasteiger partial charge in [0.1, 0.15) is 5.75 Å². The van der Waals surface area contributed by atoms with E-state index in [1.54, 1.807) is 25.2 Å². The zero-order chi connectivity index (χ0) is 20.6. The van der Waals surface area contributed by atoms with E-state index in [-0.39, 0.29) is 4.90 Å². The Morgan fingerprint density at radius 3 is 2.18 bits per heavy atom. The summed E-state index contributed by atoms with van der Waals surface area (Å²) >= 11 is 0. The third-order valence-corrected chi connectivity index (χ3v) is 6.04. The molecular weight excluding hydrogens is 376 g/mol. The molecule has 0 fully saturated rings. The van der Waals surface area contributed by atoms with Crippen LogP contribution in [0.4, 0.5) is 0 Å². The summed E-state index contributed by atoms with van der Waals surface area (Å²) in [5.74, 6) is 1.40. The van der Waals surface area contributed by atoms with E-state index < -0.39 is 10.0 Å². The second-order valence-electron chi connectivity index (χ2n) is 6.22. The molecule has 0 saturated heterocycles. The molecule has 0 aliphatic rings. The number of aliphatic imine (C=N–C) groups is 1. The first-order chi connectivity index (χ1) is 13.4. The van der Waals surface area contributed by atoms with Crippen LogP contribution in [0.1, 0.15) is 18.1 Å². The number of guanidine groups is 1. The van der Waals surface area contributed by atoms with Crippen LogP contribution >= 0.6 is 0 Å². The van der Waals surface area contributed by atoms with E-state index in [4.69, 9.17) is 4.74 Å². The van der Waals surface area contributed by atoms with Crippen LogP contribution < -0.4 is 15.4 Å². The maximum atomic E-state index is 12.5. The molecule has 2 rings (SSSR count). The largest absolute Gasteiger partial charge is 0.494 e. The number of benzene rings is 2. The number of hydrogen-bond donors (Lipinski definition) is 2. The molecule has 0 aliphatic heterocycles. The van der Waals surface area contributed by atoms with Gasteiger partial charge in [0, 0.05) is 39.8 Å². The van der Waals surface area contributed by atoms with Crippen LogP contribution in [-0.2, 0) is 23.1 Å². The second kappa shape index (κ2) is 10.1. The minimum absolute atomic E-state index is 0.282. The van der Waals surface area contributed by atoms with Crippen LogP contribution in [0.3, 0.4) is 0 Å². The molecule has 0 saturated carbocycles. The number of nitrogens with zero attached hydrogens (tertiary/aromatic N) is 2. The van der Waals surface area contributed by atoms with Gasteiger partial charge in [-0.25, -0.2) is 12.7 Å². The average molecular weight is 405 g/mol. The quantitative estimate of drug-likeness (QED) is 0.521. The smallest absolute Gasteiger partial charge is 0.242 e. The average Bonchev–Trinajstić information content (AvgIpc) is 2.69. The van der Waals surface area contributed by atoms with Crippen molar-refractivity contribution in [3.63, 3.8) is 0 Å². The van der Waals surface area contributed by atoms with E-state index in [9.17, 15) is 8.42 Å². The van der Waals surface area contributed by atoms with Crippen molar-refractivity contribution in [1.29, 1.82) is 0 Å². The van der Waals surface area contributed by atoms with Crippen molar-refractivity contribution in [1.82, 2.24) is 14.9 Å². The summed E-state index contributed by atoms with van der Waals surface area (Å²) < 4.78 is 31.9. The number of hydrogen-bond acceptors (Lipinski definition) is 4. The van der Waals surface area contributed by atoms with Crippen molar-refractivity contribution in [2.24, 2.45) is 4.99 Å². The van der Waals surface area contributed by atoms with Crippen LogP contribution in [0.5, 0.6) is 5.75 Å². The number of ether oxygens (including phenoxy) is 1. The first-order valence-corrected chi connectivity index (χ1v) is 10.5. The van der Waals surface area contributed by atoms with E-state index in [1.807, 2.05) is 37.3 Å². The van der Waals surface area contributed by atoms with Gasteiger partial charge in [-0.05, 0) is 24.6 Å². The predicted octanol–water partition coefficient (Wildman–Crippen LogP) is 2.20. The summed E-state index contributed by atoms with van der Waals surface area (Å²) in [7, 11) is 1.21. The Morgan fingerprint density at radius 2 is 1.57 bits per heavy atom. The first-order valence-electron chi connectivity index (χ1n) is 9.05. The highest BCUT2D eigenvalue weighted by Crippen LogP contribution is 2.19. The van der Waals surface area contributed by atoms with Gasteiger partial charge in [-0.3, -0.25) is 4.99 Å². The van der Waals surface area contributed by atoms with Gasteiger partial charge >= 0.3 is 0 Å². The minimum atomic E-state index is -3.51. The SMILES string of the molecule is CCOc1ccccc1CNC(=NC)NCc1ccccc1S(=O)(=O)N(C)C. The van der Waals surface area contributed by atoms with Gasteiger partial charge < -0.3 is 15.4 Å². The predicted molar refractivity (Wildman–Crippen MR) is 112 cm³/mol. The summed E-state index contributed by atoms with van der Waals surface area (Å²) in [5, 5.41) is 6.41. The molecule has 0 radical (unpaired) electrons. The Morgan fingerprint density at radius 1 is 1.00 bits per heavy atom. The van der Waals surface area contributed by atoms with Crippen molar-refractivity contribution in [3.05, 3.63) is 59.7 Å². The Kier molecular flexibility index (Phi) is 7.83. The van der Waals surface area contributed by atoms with Crippen LogP contribution in [0.15, 0.2) is 58.4 Å². The molecule has 0 aliphatic carbocycles. The third-order valence-electron chi connectivity index (χ3n) is 4.12. The molecule has 0 amide bonds. The first kappa shape index (κ1) is 21.7. The lowest BCUT2D eigenvalue weighted by molar-refractivity contribution is 0.336. The van der Waals surface area contributed by atoms with Crippen LogP contribution in [0.25, 0.3) is 0 Å². The van der Waals surface area contributed by atoms with E-state index in [2.05, 4.69) is 15.6 Å². The molecule has 8 heteroatoms. The molecule has 2 aromatic carbocycles. The zero-order valence-electron chi connectivity index (χ0n) is 16.8. The molecule has 0 spiro atoms. The highest BCUT2D eigenvalue weighted by Gasteiger charge is 2.20. The van der Waals surface area contributed by atoms with Crippen molar-refractivity contribution >= 4 is 16.0 Å². The van der Waals surface area contributed by atoms with Crippen LogP contribution in [0.2, 0.25) is 0 Å². The second-order valence-corrected chi connectivity index (χ2v) is 8.34. The van der Waals surface area contributed by atoms with E-state index >= 15 is 0 Å². The Labute approximate surface area is 167 Å². The number of para-hydroxylation sites is 1. The lowest BCUT2D eigenvalue weighted by Gasteiger charge is -2.17. The standard InChI is InChI=1S/C20H28N4O3S/c1-5-27-18-12-8-6-10-16(18)14-22-20(21-2)23-15-17-11-7-9-13-19(17)28(25,26)24(3)4/h6-13H,5,14-15H2,1-4H3,(H2,21,22,23). The molecular formula is C20H28N4O3S. The van der Waals surface area contributed by atoms with E-state index in [1.165, 1.54) is 18.4 Å². The monoisotopic (exact) mass is 404 g/mol. The summed E-state index contributed by atoms with van der Waals surface area (Å²) in [6.07, 6.45) is 0. The maximum absolute atomic E-state index is 12.5. The molecule has 2 N–H and O–H groups in total. The van der Waals surface area contributed by atoms with Crippen molar-refractivity contribution in [2.75, 3.05) is 27.7 Å². The summed E-state index contributed by atoms with van der Waals surface area (Å²) in [5.41, 5.74) is 1.69. The molecule has 0 bridgehead atoms. The molecule has 2 aromatic rings. The number of rotatable bonds is 8. The third kappa shape index (κ3) is 5.46. The molecule has 0 aromatic heterocycles. The molecule has 0 heterocycles. The van der Waals surface area contributed by atoms with Gasteiger partial charge in [-0.1, -0.05) is 36.4 Å². The maximum Gasteiger partial charge on any atom is 0.242 e. The normalized spacial score (nSPS) is 12.1. The Hall–Kier alpha value is -2.58. The van der Waals surface area contributed by atoms with Gasteiger partial charge in [0.2, 0.25) is 10.0 Å². The fourth-order valence-electron chi connectivity index (χ4n) is 2.62. The zero-order valence-corrected chi connectivity index (χ0v) is 17.6. The van der Waals surface area contributed by atoms with Crippen LogP contribution in [0, 0.1) is 0 Å². The molecule has 0 unspecified atom stereocenters. The van der Waals surface area contributed by atoms with Gasteiger partial charge in [0.05, 0.1) is 11.5 Å². The van der Waals surface area contributed by atoms with Gasteiger partial charge in [-0.2, -0.15) is 0 Å². The Bertz CT molecular complexity index is 911. The molecule has 28 heavy (non-hydrogen) atoms. The lowest BCUT2D eigenvalue weighted by atomic mass is 10.2. The summed E-state index contributed by atoms with van der Waals surface area (Å²) in [6, 6.07) is 14.8. The lowest BCUT2D eigenvalue weighted by Crippen LogP contribution is -2.37. The van der Waals surface area contributed by atoms with Crippen molar-refractivity contribution < 1.29 is 13.2 Å². The molecule has 0 atom stereocenters. The highest BCUT2D eigenvalue weighted by atomic mass is 32.2. The fraction of sp³-hybridized carbons (Fsp3) is 0.350. The highest BCUT2D eigenvalue weighted by molar-refractivity contribution is 7.89. The fourth-order valence-corrected chi connectivity index (χ4v) is 3.74. The van der Waals surface area contributed by atoms with Crippen molar-refractivity contribution in [3.8, 4) is 5.75 Å². The van der Waals surface area contributed by atoms with Crippen LogP contribution in [-0.4, -0.2) is 46.4 Å². The Balaban J connectivity index is 2.07. The van der Waals surface area contributed by atoms with Crippen molar-refractivity contribution in [2.45, 2.75) is 24.9 Å². The number of nitrogens with one attached hydrogen (secondary N) is 2. The molecule has 152 valence electrons. The van der Waals surface area contributed by atoms with E-state index in [0.717, 1.165) is 11.3 Å². The van der Waals surface area contributed by atoms with Gasteiger partial charge in [0.15, 0.2) is 5.96 Å². The van der Waals surface area contributed by atoms with E-state index in [0.29, 0.717) is 31.2 Å². The summed E-state index contributed by atoms with van der Waals surface area (Å²) in [4.78, 5) is 4.50. The minimum Gasteiger partial charge on any atom is -0.494 e. The van der Waals surface area contributed by atoms with Gasteiger partial charge in [0.25, 0.3) is 0 Å². The summed E-state index contributed by atoms with van der Waals surface area (Å²) in [6.45, 7) is 3.41. The molecule has 7 nitrogen and oxygen atoms in total.